The standard InChI is InChI=1S/C16H15NO3S/c1-21-14-8-4-11(5-9-14)15(18)10-20-13-6-2-12(3-7-13)16(17)19/h2-9H,10H2,1H3,(H2,17,19). The van der Waals surface area contributed by atoms with Crippen molar-refractivity contribution >= 4 is 23.5 Å². The fourth-order valence-electron chi connectivity index (χ4n) is 1.72. The summed E-state index contributed by atoms with van der Waals surface area (Å²) >= 11 is 1.62. The van der Waals surface area contributed by atoms with Crippen molar-refractivity contribution in [3.63, 3.8) is 0 Å². The van der Waals surface area contributed by atoms with E-state index in [0.29, 0.717) is 16.9 Å². The van der Waals surface area contributed by atoms with Crippen molar-refractivity contribution in [3.05, 3.63) is 59.7 Å². The van der Waals surface area contributed by atoms with Crippen LogP contribution < -0.4 is 10.5 Å². The zero-order chi connectivity index (χ0) is 15.2. The van der Waals surface area contributed by atoms with E-state index in [4.69, 9.17) is 10.5 Å². The van der Waals surface area contributed by atoms with Gasteiger partial charge >= 0.3 is 0 Å². The lowest BCUT2D eigenvalue weighted by Crippen LogP contribution is -2.12. The minimum atomic E-state index is -0.494. The molecular weight excluding hydrogens is 286 g/mol. The molecule has 4 nitrogen and oxygen atoms in total. The normalized spacial score (nSPS) is 10.1. The quantitative estimate of drug-likeness (QED) is 0.658. The summed E-state index contributed by atoms with van der Waals surface area (Å²) in [7, 11) is 0. The molecule has 0 heterocycles. The van der Waals surface area contributed by atoms with Gasteiger partial charge < -0.3 is 10.5 Å². The Morgan fingerprint density at radius 3 is 2.10 bits per heavy atom. The van der Waals surface area contributed by atoms with E-state index in [9.17, 15) is 9.59 Å². The summed E-state index contributed by atoms with van der Waals surface area (Å²) in [5.41, 5.74) is 6.17. The molecule has 0 spiro atoms. The second kappa shape index (κ2) is 6.95. The van der Waals surface area contributed by atoms with Gasteiger partial charge in [0.25, 0.3) is 0 Å². The molecule has 0 aliphatic heterocycles. The number of hydrogen-bond acceptors (Lipinski definition) is 4. The highest BCUT2D eigenvalue weighted by Crippen LogP contribution is 2.16. The number of carbonyl (C=O) groups is 2. The lowest BCUT2D eigenvalue weighted by Gasteiger charge is -2.06. The van der Waals surface area contributed by atoms with Gasteiger partial charge in [0, 0.05) is 16.0 Å². The zero-order valence-corrected chi connectivity index (χ0v) is 12.4. The highest BCUT2D eigenvalue weighted by Gasteiger charge is 2.07. The van der Waals surface area contributed by atoms with E-state index in [1.165, 1.54) is 0 Å². The number of amides is 1. The molecule has 0 fully saturated rings. The summed E-state index contributed by atoms with van der Waals surface area (Å²) in [6.07, 6.45) is 1.98. The molecular formula is C16H15NO3S. The highest BCUT2D eigenvalue weighted by molar-refractivity contribution is 7.98. The van der Waals surface area contributed by atoms with Gasteiger partial charge in [0.15, 0.2) is 12.4 Å². The van der Waals surface area contributed by atoms with Gasteiger partial charge in [-0.1, -0.05) is 12.1 Å². The Kier molecular flexibility index (Phi) is 5.00. The fraction of sp³-hybridized carbons (Fsp3) is 0.125. The number of nitrogens with two attached hydrogens (primary N) is 1. The maximum absolute atomic E-state index is 12.0. The van der Waals surface area contributed by atoms with Crippen LogP contribution in [0.1, 0.15) is 20.7 Å². The lowest BCUT2D eigenvalue weighted by molar-refractivity contribution is 0.0920. The Morgan fingerprint density at radius 1 is 1.00 bits per heavy atom. The summed E-state index contributed by atoms with van der Waals surface area (Å²) < 4.78 is 5.41. The van der Waals surface area contributed by atoms with E-state index < -0.39 is 5.91 Å². The first-order chi connectivity index (χ1) is 10.1. The molecule has 0 radical (unpaired) electrons. The Hall–Kier alpha value is -2.27. The Bertz CT molecular complexity index is 636. The summed E-state index contributed by atoms with van der Waals surface area (Å²) in [6, 6.07) is 13.7. The van der Waals surface area contributed by atoms with Gasteiger partial charge in [0.05, 0.1) is 0 Å². The summed E-state index contributed by atoms with van der Waals surface area (Å²) in [5.74, 6) is -0.0674. The van der Waals surface area contributed by atoms with Gasteiger partial charge in [0.1, 0.15) is 5.75 Å². The molecule has 5 heteroatoms. The van der Waals surface area contributed by atoms with Gasteiger partial charge in [-0.15, -0.1) is 11.8 Å². The number of Topliss-reactive ketones (excluding diaryl/α,β-unsaturated/α-hetero) is 1. The van der Waals surface area contributed by atoms with E-state index in [1.807, 2.05) is 18.4 Å². The second-order valence-electron chi connectivity index (χ2n) is 4.33. The third-order valence-corrected chi connectivity index (χ3v) is 3.66. The highest BCUT2D eigenvalue weighted by atomic mass is 32.2. The maximum atomic E-state index is 12.0. The number of ether oxygens (including phenoxy) is 1. The lowest BCUT2D eigenvalue weighted by atomic mass is 10.1. The average molecular weight is 301 g/mol. The van der Waals surface area contributed by atoms with Crippen LogP contribution in [-0.2, 0) is 0 Å². The number of carbonyl (C=O) groups excluding carboxylic acids is 2. The first-order valence-corrected chi connectivity index (χ1v) is 7.52. The third-order valence-electron chi connectivity index (χ3n) is 2.92. The molecule has 0 aliphatic rings. The largest absolute Gasteiger partial charge is 0.485 e. The van der Waals surface area contributed by atoms with Gasteiger partial charge in [-0.2, -0.15) is 0 Å². The van der Waals surface area contributed by atoms with E-state index in [0.717, 1.165) is 4.90 Å². The number of thioether (sulfide) groups is 1. The number of primary amides is 1. The van der Waals surface area contributed by atoms with Gasteiger partial charge in [-0.05, 0) is 42.7 Å². The Balaban J connectivity index is 1.95. The van der Waals surface area contributed by atoms with Crippen LogP contribution in [0.15, 0.2) is 53.4 Å². The Labute approximate surface area is 127 Å². The van der Waals surface area contributed by atoms with Crippen molar-refractivity contribution in [2.75, 3.05) is 12.9 Å². The van der Waals surface area contributed by atoms with E-state index in [2.05, 4.69) is 0 Å². The van der Waals surface area contributed by atoms with Crippen molar-refractivity contribution in [2.24, 2.45) is 5.73 Å². The molecule has 2 aromatic rings. The number of rotatable bonds is 6. The third kappa shape index (κ3) is 4.10. The molecule has 108 valence electrons. The summed E-state index contributed by atoms with van der Waals surface area (Å²) in [4.78, 5) is 24.0. The minimum absolute atomic E-state index is 0.0471. The van der Waals surface area contributed by atoms with Crippen LogP contribution in [0.4, 0.5) is 0 Å². The molecule has 0 saturated heterocycles. The van der Waals surface area contributed by atoms with Gasteiger partial charge in [0.2, 0.25) is 5.91 Å². The Morgan fingerprint density at radius 2 is 1.57 bits per heavy atom. The molecule has 0 bridgehead atoms. The topological polar surface area (TPSA) is 69.4 Å². The van der Waals surface area contributed by atoms with E-state index >= 15 is 0 Å². The summed E-state index contributed by atoms with van der Waals surface area (Å²) in [6.45, 7) is -0.0471. The smallest absolute Gasteiger partial charge is 0.248 e. The van der Waals surface area contributed by atoms with Gasteiger partial charge in [-0.25, -0.2) is 0 Å². The van der Waals surface area contributed by atoms with Crippen molar-refractivity contribution in [3.8, 4) is 5.75 Å². The van der Waals surface area contributed by atoms with Crippen LogP contribution in [0.25, 0.3) is 0 Å². The van der Waals surface area contributed by atoms with Crippen molar-refractivity contribution < 1.29 is 14.3 Å². The average Bonchev–Trinajstić information content (AvgIpc) is 2.53. The molecule has 0 unspecified atom stereocenters. The molecule has 2 N–H and O–H groups in total. The molecule has 2 aromatic carbocycles. The van der Waals surface area contributed by atoms with E-state index in [1.54, 1.807) is 48.2 Å². The van der Waals surface area contributed by atoms with Crippen LogP contribution in [-0.4, -0.2) is 24.6 Å². The molecule has 0 saturated carbocycles. The fourth-order valence-corrected chi connectivity index (χ4v) is 2.13. The minimum Gasteiger partial charge on any atom is -0.485 e. The number of benzene rings is 2. The predicted octanol–water partition coefficient (Wildman–Crippen LogP) is 2.77. The van der Waals surface area contributed by atoms with Crippen LogP contribution in [0.5, 0.6) is 5.75 Å². The number of ketones is 1. The first kappa shape index (κ1) is 15.1. The molecule has 1 amide bonds. The molecule has 0 aromatic heterocycles. The zero-order valence-electron chi connectivity index (χ0n) is 11.5. The van der Waals surface area contributed by atoms with Crippen LogP contribution in [0, 0.1) is 0 Å². The van der Waals surface area contributed by atoms with Crippen molar-refractivity contribution in [1.29, 1.82) is 0 Å². The summed E-state index contributed by atoms with van der Waals surface area (Å²) in [5, 5.41) is 0. The van der Waals surface area contributed by atoms with Crippen molar-refractivity contribution in [2.45, 2.75) is 4.90 Å². The second-order valence-corrected chi connectivity index (χ2v) is 5.21. The SMILES string of the molecule is CSc1ccc(C(=O)COc2ccc(C(N)=O)cc2)cc1. The van der Waals surface area contributed by atoms with E-state index in [-0.39, 0.29) is 12.4 Å². The van der Waals surface area contributed by atoms with Crippen LogP contribution >= 0.6 is 11.8 Å². The molecule has 0 aliphatic carbocycles. The molecule has 21 heavy (non-hydrogen) atoms. The van der Waals surface area contributed by atoms with Crippen LogP contribution in [0.3, 0.4) is 0 Å². The number of hydrogen-bond donors (Lipinski definition) is 1. The monoisotopic (exact) mass is 301 g/mol. The van der Waals surface area contributed by atoms with Crippen molar-refractivity contribution in [1.82, 2.24) is 0 Å². The predicted molar refractivity (Wildman–Crippen MR) is 83.0 cm³/mol. The molecule has 0 atom stereocenters. The van der Waals surface area contributed by atoms with Crippen LogP contribution in [0.2, 0.25) is 0 Å². The molecule has 2 rings (SSSR count). The maximum Gasteiger partial charge on any atom is 0.248 e. The van der Waals surface area contributed by atoms with Gasteiger partial charge in [-0.3, -0.25) is 9.59 Å². The first-order valence-electron chi connectivity index (χ1n) is 6.30.